The lowest BCUT2D eigenvalue weighted by atomic mass is 9.78. The van der Waals surface area contributed by atoms with Crippen molar-refractivity contribution in [2.24, 2.45) is 5.92 Å². The van der Waals surface area contributed by atoms with E-state index in [9.17, 15) is 27.6 Å². The number of amides is 3. The lowest BCUT2D eigenvalue weighted by Gasteiger charge is -2.33. The standard InChI is InChI=1S/C23H23ClF3N3O4S/c1-13(2)12-35-17-6-5-15(11-16(17)24)29-19(31)18(22(3,4)14-7-9-28-10-8-14)30(21(29)33)34-20(32)23(25,26)27/h5-11,13,18H,12H2,1-4H3. The first-order chi connectivity index (χ1) is 16.2. The number of rotatable bonds is 7. The molecule has 3 rings (SSSR count). The highest BCUT2D eigenvalue weighted by Crippen LogP contribution is 2.40. The van der Waals surface area contributed by atoms with Crippen molar-refractivity contribution in [2.75, 3.05) is 10.7 Å². The van der Waals surface area contributed by atoms with E-state index in [1.165, 1.54) is 36.3 Å². The normalized spacial score (nSPS) is 16.9. The molecule has 3 amide bonds. The third-order valence-electron chi connectivity index (χ3n) is 5.34. The number of carbonyl (C=O) groups is 3. The first kappa shape index (κ1) is 26.8. The van der Waals surface area contributed by atoms with E-state index in [2.05, 4.69) is 9.82 Å². The van der Waals surface area contributed by atoms with Gasteiger partial charge in [-0.2, -0.15) is 13.2 Å². The van der Waals surface area contributed by atoms with Crippen LogP contribution in [0.5, 0.6) is 0 Å². The highest BCUT2D eigenvalue weighted by molar-refractivity contribution is 7.99. The van der Waals surface area contributed by atoms with Gasteiger partial charge in [0.1, 0.15) is 0 Å². The Hall–Kier alpha value is -2.79. The van der Waals surface area contributed by atoms with E-state index in [1.807, 2.05) is 13.8 Å². The fourth-order valence-corrected chi connectivity index (χ4v) is 4.75. The van der Waals surface area contributed by atoms with Gasteiger partial charge in [0.2, 0.25) is 0 Å². The van der Waals surface area contributed by atoms with Crippen molar-refractivity contribution in [2.45, 2.75) is 50.2 Å². The van der Waals surface area contributed by atoms with Crippen LogP contribution in [0.15, 0.2) is 47.6 Å². The molecule has 0 aliphatic carbocycles. The van der Waals surface area contributed by atoms with Crippen molar-refractivity contribution in [3.8, 4) is 0 Å². The number of thioether (sulfide) groups is 1. The van der Waals surface area contributed by atoms with Gasteiger partial charge in [0.15, 0.2) is 6.04 Å². The van der Waals surface area contributed by atoms with Gasteiger partial charge in [-0.3, -0.25) is 9.78 Å². The Morgan fingerprint density at radius 3 is 2.34 bits per heavy atom. The second-order valence-electron chi connectivity index (χ2n) is 8.84. The zero-order valence-electron chi connectivity index (χ0n) is 19.3. The van der Waals surface area contributed by atoms with Crippen LogP contribution >= 0.6 is 23.4 Å². The molecule has 0 spiro atoms. The summed E-state index contributed by atoms with van der Waals surface area (Å²) in [5.74, 6) is -2.31. The Morgan fingerprint density at radius 2 is 1.80 bits per heavy atom. The van der Waals surface area contributed by atoms with E-state index < -0.39 is 35.5 Å². The molecule has 1 saturated heterocycles. The van der Waals surface area contributed by atoms with Crippen LogP contribution in [0.25, 0.3) is 0 Å². The van der Waals surface area contributed by atoms with E-state index in [1.54, 1.807) is 32.0 Å². The molecule has 0 N–H and O–H groups in total. The summed E-state index contributed by atoms with van der Waals surface area (Å²) >= 11 is 7.86. The summed E-state index contributed by atoms with van der Waals surface area (Å²) in [6.45, 7) is 7.18. The molecule has 0 radical (unpaired) electrons. The summed E-state index contributed by atoms with van der Waals surface area (Å²) in [5.41, 5.74) is -0.723. The SMILES string of the molecule is CC(C)CSc1ccc(N2C(=O)C(C(C)(C)c3ccncc3)N(OC(=O)C(F)(F)F)C2=O)cc1Cl. The monoisotopic (exact) mass is 529 g/mol. The fourth-order valence-electron chi connectivity index (χ4n) is 3.54. The average molecular weight is 530 g/mol. The van der Waals surface area contributed by atoms with Gasteiger partial charge in [-0.1, -0.05) is 39.3 Å². The minimum absolute atomic E-state index is 0.0417. The van der Waals surface area contributed by atoms with Crippen molar-refractivity contribution < 1.29 is 32.4 Å². The summed E-state index contributed by atoms with van der Waals surface area (Å²) in [6, 6.07) is 4.76. The number of halogens is 4. The summed E-state index contributed by atoms with van der Waals surface area (Å²) < 4.78 is 38.9. The first-order valence-electron chi connectivity index (χ1n) is 10.5. The maximum absolute atomic E-state index is 13.5. The smallest absolute Gasteiger partial charge is 0.327 e. The number of hydrogen-bond donors (Lipinski definition) is 0. The Morgan fingerprint density at radius 1 is 1.17 bits per heavy atom. The van der Waals surface area contributed by atoms with Gasteiger partial charge in [0, 0.05) is 28.5 Å². The molecule has 1 aliphatic rings. The Labute approximate surface area is 209 Å². The van der Waals surface area contributed by atoms with Crippen LogP contribution in [0, 0.1) is 5.92 Å². The minimum Gasteiger partial charge on any atom is -0.327 e. The summed E-state index contributed by atoms with van der Waals surface area (Å²) in [7, 11) is 0. The van der Waals surface area contributed by atoms with Crippen LogP contribution in [0.2, 0.25) is 5.02 Å². The van der Waals surface area contributed by atoms with E-state index in [0.29, 0.717) is 16.4 Å². The number of hydrogen-bond acceptors (Lipinski definition) is 6. The molecule has 7 nitrogen and oxygen atoms in total. The third kappa shape index (κ3) is 5.56. The van der Waals surface area contributed by atoms with E-state index in [0.717, 1.165) is 10.6 Å². The predicted octanol–water partition coefficient (Wildman–Crippen LogP) is 5.62. The molecule has 1 unspecified atom stereocenters. The molecule has 1 aliphatic heterocycles. The molecule has 1 atom stereocenters. The summed E-state index contributed by atoms with van der Waals surface area (Å²) in [5, 5.41) is 0.456. The molecule has 1 fully saturated rings. The van der Waals surface area contributed by atoms with Crippen LogP contribution in [-0.4, -0.2) is 45.9 Å². The molecule has 12 heteroatoms. The predicted molar refractivity (Wildman–Crippen MR) is 125 cm³/mol. The lowest BCUT2D eigenvalue weighted by Crippen LogP contribution is -2.50. The molecular formula is C23H23ClF3N3O4S. The first-order valence-corrected chi connectivity index (χ1v) is 11.9. The maximum Gasteiger partial charge on any atom is 0.493 e. The molecule has 2 aromatic rings. The van der Waals surface area contributed by atoms with E-state index in [4.69, 9.17) is 11.6 Å². The Kier molecular flexibility index (Phi) is 7.71. The van der Waals surface area contributed by atoms with E-state index >= 15 is 0 Å². The minimum atomic E-state index is -5.37. The molecular weight excluding hydrogens is 507 g/mol. The molecule has 188 valence electrons. The number of hydroxylamine groups is 2. The number of nitrogens with zero attached hydrogens (tertiary/aromatic N) is 3. The number of benzene rings is 1. The summed E-state index contributed by atoms with van der Waals surface area (Å²) in [6.07, 6.45) is -2.49. The molecule has 2 heterocycles. The van der Waals surface area contributed by atoms with Crippen molar-refractivity contribution in [1.29, 1.82) is 0 Å². The number of pyridine rings is 1. The molecule has 0 bridgehead atoms. The highest BCUT2D eigenvalue weighted by atomic mass is 35.5. The number of alkyl halides is 3. The number of carbonyl (C=O) groups excluding carboxylic acids is 3. The van der Waals surface area contributed by atoms with Crippen LogP contribution in [0.1, 0.15) is 33.3 Å². The van der Waals surface area contributed by atoms with Crippen molar-refractivity contribution in [3.63, 3.8) is 0 Å². The maximum atomic E-state index is 13.5. The zero-order chi connectivity index (χ0) is 26.1. The fraction of sp³-hybridized carbons (Fsp3) is 0.391. The third-order valence-corrected chi connectivity index (χ3v) is 7.26. The highest BCUT2D eigenvalue weighted by Gasteiger charge is 2.57. The van der Waals surface area contributed by atoms with Crippen LogP contribution in [0.3, 0.4) is 0 Å². The second kappa shape index (κ2) is 10.1. The van der Waals surface area contributed by atoms with Crippen LogP contribution in [-0.2, 0) is 19.8 Å². The topological polar surface area (TPSA) is 79.8 Å². The van der Waals surface area contributed by atoms with Gasteiger partial charge in [-0.15, -0.1) is 16.8 Å². The van der Waals surface area contributed by atoms with Crippen LogP contribution in [0.4, 0.5) is 23.7 Å². The van der Waals surface area contributed by atoms with Gasteiger partial charge in [0.25, 0.3) is 5.91 Å². The van der Waals surface area contributed by atoms with Crippen molar-refractivity contribution in [1.82, 2.24) is 10.0 Å². The molecule has 0 saturated carbocycles. The van der Waals surface area contributed by atoms with Gasteiger partial charge in [0.05, 0.1) is 10.7 Å². The number of imide groups is 1. The van der Waals surface area contributed by atoms with Gasteiger partial charge >= 0.3 is 18.2 Å². The molecule has 1 aromatic heterocycles. The Balaban J connectivity index is 2.03. The van der Waals surface area contributed by atoms with Gasteiger partial charge < -0.3 is 4.84 Å². The average Bonchev–Trinajstić information content (AvgIpc) is 3.02. The van der Waals surface area contributed by atoms with Crippen molar-refractivity contribution >= 4 is 47.0 Å². The van der Waals surface area contributed by atoms with Gasteiger partial charge in [-0.25, -0.2) is 14.5 Å². The Bertz CT molecular complexity index is 1130. The lowest BCUT2D eigenvalue weighted by molar-refractivity contribution is -0.232. The number of urea groups is 1. The largest absolute Gasteiger partial charge is 0.493 e. The van der Waals surface area contributed by atoms with Crippen molar-refractivity contribution in [3.05, 3.63) is 53.3 Å². The summed E-state index contributed by atoms with van der Waals surface area (Å²) in [4.78, 5) is 48.1. The van der Waals surface area contributed by atoms with E-state index in [-0.39, 0.29) is 15.8 Å². The van der Waals surface area contributed by atoms with Gasteiger partial charge in [-0.05, 0) is 41.8 Å². The quantitative estimate of drug-likeness (QED) is 0.342. The second-order valence-corrected chi connectivity index (χ2v) is 10.3. The zero-order valence-corrected chi connectivity index (χ0v) is 20.9. The van der Waals surface area contributed by atoms with Crippen LogP contribution < -0.4 is 4.90 Å². The number of anilines is 1. The molecule has 1 aromatic carbocycles. The number of aromatic nitrogens is 1. The molecule has 35 heavy (non-hydrogen) atoms.